The second kappa shape index (κ2) is 9.75. The number of halogens is 1. The molecular formula is C19H24ClN5O2S. The summed E-state index contributed by atoms with van der Waals surface area (Å²) in [4.78, 5) is 27.4. The molecule has 1 fully saturated rings. The summed E-state index contributed by atoms with van der Waals surface area (Å²) in [5.74, 6) is 0.365. The molecule has 1 amide bonds. The van der Waals surface area contributed by atoms with Gasteiger partial charge in [-0.05, 0) is 31.9 Å². The van der Waals surface area contributed by atoms with E-state index in [0.717, 1.165) is 12.0 Å². The van der Waals surface area contributed by atoms with Gasteiger partial charge in [-0.1, -0.05) is 37.2 Å². The molecule has 1 N–H and O–H groups in total. The van der Waals surface area contributed by atoms with Crippen LogP contribution in [0, 0.1) is 0 Å². The zero-order chi connectivity index (χ0) is 20.8. The summed E-state index contributed by atoms with van der Waals surface area (Å²) in [7, 11) is -1.14. The molecule has 1 aromatic heterocycles. The van der Waals surface area contributed by atoms with Crippen LogP contribution in [0.1, 0.15) is 32.8 Å². The van der Waals surface area contributed by atoms with Gasteiger partial charge >= 0.3 is 0 Å². The summed E-state index contributed by atoms with van der Waals surface area (Å²) >= 11 is 5.87. The number of nitrogens with one attached hydrogen (secondary N) is 1. The molecule has 0 saturated carbocycles. The van der Waals surface area contributed by atoms with E-state index in [4.69, 9.17) is 11.6 Å². The fourth-order valence-electron chi connectivity index (χ4n) is 2.55. The molecular weight excluding hydrogens is 398 g/mol. The minimum atomic E-state index is -1.14. The Kier molecular flexibility index (Phi) is 7.65. The van der Waals surface area contributed by atoms with Gasteiger partial charge in [-0.15, -0.1) is 0 Å². The zero-order valence-corrected chi connectivity index (χ0v) is 18.0. The van der Waals surface area contributed by atoms with Crippen molar-refractivity contribution in [2.45, 2.75) is 44.8 Å². The molecule has 7 nitrogen and oxygen atoms in total. The van der Waals surface area contributed by atoms with Gasteiger partial charge < -0.3 is 5.32 Å². The van der Waals surface area contributed by atoms with Crippen LogP contribution in [-0.2, 0) is 22.1 Å². The number of aliphatic imine (C=N–C) groups is 2. The van der Waals surface area contributed by atoms with Crippen LogP contribution in [0.15, 0.2) is 56.8 Å². The molecule has 9 heteroatoms. The second-order valence-corrected chi connectivity index (χ2v) is 7.96. The minimum Gasteiger partial charge on any atom is -0.333 e. The Morgan fingerprint density at radius 2 is 2.21 bits per heavy atom. The molecule has 2 atom stereocenters. The Bertz CT molecular complexity index is 877. The third-order valence-corrected chi connectivity index (χ3v) is 5.12. The first-order chi connectivity index (χ1) is 13.3. The second-order valence-electron chi connectivity index (χ2n) is 6.20. The van der Waals surface area contributed by atoms with Gasteiger partial charge in [0.25, 0.3) is 5.91 Å². The number of pyridine rings is 1. The van der Waals surface area contributed by atoms with Crippen molar-refractivity contribution in [3.8, 4) is 0 Å². The Morgan fingerprint density at radius 1 is 1.50 bits per heavy atom. The number of piperazine rings is 1. The number of carbonyl (C=O) groups excluding carboxylic acids is 1. The van der Waals surface area contributed by atoms with E-state index in [0.29, 0.717) is 16.6 Å². The van der Waals surface area contributed by atoms with E-state index in [1.54, 1.807) is 29.5 Å². The molecule has 1 unspecified atom stereocenters. The van der Waals surface area contributed by atoms with Crippen LogP contribution in [0.4, 0.5) is 0 Å². The summed E-state index contributed by atoms with van der Waals surface area (Å²) in [6, 6.07) is 3.40. The molecule has 1 aliphatic heterocycles. The number of hydrogen-bond acceptors (Lipinski definition) is 5. The highest BCUT2D eigenvalue weighted by atomic mass is 35.5. The molecule has 1 aromatic rings. The summed E-state index contributed by atoms with van der Waals surface area (Å²) < 4.78 is 11.4. The lowest BCUT2D eigenvalue weighted by molar-refractivity contribution is -0.122. The predicted octanol–water partition coefficient (Wildman–Crippen LogP) is 2.96. The molecule has 28 heavy (non-hydrogen) atoms. The van der Waals surface area contributed by atoms with Gasteiger partial charge in [0.15, 0.2) is 11.7 Å². The van der Waals surface area contributed by atoms with E-state index in [1.807, 2.05) is 26.8 Å². The SMILES string of the molecule is C=C(Cl)/N=C1\C(=C/C)NC(=NCc2ccc(S(C)=O)nc2)C(=O)N1[C@H](C)CC. The lowest BCUT2D eigenvalue weighted by Crippen LogP contribution is -2.57. The maximum atomic E-state index is 13.0. The number of nitrogens with zero attached hydrogens (tertiary/aromatic N) is 4. The van der Waals surface area contributed by atoms with Crippen molar-refractivity contribution in [2.24, 2.45) is 9.98 Å². The fraction of sp³-hybridized carbons (Fsp3) is 0.368. The third-order valence-electron chi connectivity index (χ3n) is 4.20. The normalized spacial score (nSPS) is 21.1. The van der Waals surface area contributed by atoms with Gasteiger partial charge in [0, 0.05) is 18.5 Å². The predicted molar refractivity (Wildman–Crippen MR) is 114 cm³/mol. The maximum absolute atomic E-state index is 13.0. The van der Waals surface area contributed by atoms with Crippen LogP contribution < -0.4 is 5.32 Å². The van der Waals surface area contributed by atoms with Crippen LogP contribution in [0.3, 0.4) is 0 Å². The van der Waals surface area contributed by atoms with E-state index in [-0.39, 0.29) is 29.5 Å². The Labute approximate surface area is 172 Å². The molecule has 0 spiro atoms. The van der Waals surface area contributed by atoms with Crippen molar-refractivity contribution in [3.63, 3.8) is 0 Å². The molecule has 0 aliphatic carbocycles. The zero-order valence-electron chi connectivity index (χ0n) is 16.4. The van der Waals surface area contributed by atoms with Crippen molar-refractivity contribution in [1.29, 1.82) is 0 Å². The molecule has 1 aliphatic rings. The standard InChI is InChI=1S/C19H24ClN5O2S/c1-6-12(3)25-18(23-13(4)20)15(7-2)24-17(19(25)26)22-11-14-8-9-16(21-10-14)28(5)27/h7-10,12H,4,6,11H2,1-3,5H3,(H,22,24)/b15-7+,23-18+/t12-,28?/m1/s1. The van der Waals surface area contributed by atoms with Gasteiger partial charge in [0.05, 0.1) is 23.0 Å². The maximum Gasteiger partial charge on any atom is 0.295 e. The molecule has 150 valence electrons. The van der Waals surface area contributed by atoms with E-state index in [9.17, 15) is 9.00 Å². The van der Waals surface area contributed by atoms with Gasteiger partial charge in [-0.2, -0.15) is 0 Å². The lowest BCUT2D eigenvalue weighted by atomic mass is 10.1. The first kappa shape index (κ1) is 22.0. The fourth-order valence-corrected chi connectivity index (χ4v) is 3.09. The van der Waals surface area contributed by atoms with Crippen LogP contribution in [0.2, 0.25) is 0 Å². The highest BCUT2D eigenvalue weighted by Crippen LogP contribution is 2.18. The van der Waals surface area contributed by atoms with E-state index < -0.39 is 10.8 Å². The molecule has 2 rings (SSSR count). The Hall–Kier alpha value is -2.32. The number of amidine groups is 2. The number of amides is 1. The monoisotopic (exact) mass is 421 g/mol. The van der Waals surface area contributed by atoms with E-state index >= 15 is 0 Å². The number of rotatable bonds is 6. The van der Waals surface area contributed by atoms with Crippen LogP contribution in [0.5, 0.6) is 0 Å². The third kappa shape index (κ3) is 5.14. The van der Waals surface area contributed by atoms with Crippen LogP contribution in [0.25, 0.3) is 0 Å². The largest absolute Gasteiger partial charge is 0.333 e. The summed E-state index contributed by atoms with van der Waals surface area (Å²) in [5.41, 5.74) is 1.44. The van der Waals surface area contributed by atoms with E-state index in [2.05, 4.69) is 26.9 Å². The number of allylic oxidation sites excluding steroid dienone is 1. The lowest BCUT2D eigenvalue weighted by Gasteiger charge is -2.35. The molecule has 0 bridgehead atoms. The summed E-state index contributed by atoms with van der Waals surface area (Å²) in [6.45, 7) is 9.63. The minimum absolute atomic E-state index is 0.0926. The molecule has 0 aromatic carbocycles. The van der Waals surface area contributed by atoms with Crippen LogP contribution >= 0.6 is 11.6 Å². The molecule has 2 heterocycles. The summed E-state index contributed by atoms with van der Waals surface area (Å²) in [6.07, 6.45) is 5.73. The topological polar surface area (TPSA) is 87.0 Å². The number of aromatic nitrogens is 1. The van der Waals surface area contributed by atoms with Crippen molar-refractivity contribution < 1.29 is 9.00 Å². The molecule has 1 saturated heterocycles. The first-order valence-corrected chi connectivity index (χ1v) is 10.7. The van der Waals surface area contributed by atoms with Crippen molar-refractivity contribution >= 4 is 40.0 Å². The first-order valence-electron chi connectivity index (χ1n) is 8.81. The van der Waals surface area contributed by atoms with Crippen molar-refractivity contribution in [2.75, 3.05) is 6.26 Å². The van der Waals surface area contributed by atoms with E-state index in [1.165, 1.54) is 0 Å². The van der Waals surface area contributed by atoms with Gasteiger partial charge in [0.1, 0.15) is 10.2 Å². The Morgan fingerprint density at radius 3 is 2.71 bits per heavy atom. The Balaban J connectivity index is 2.35. The average molecular weight is 422 g/mol. The highest BCUT2D eigenvalue weighted by Gasteiger charge is 2.35. The molecule has 0 radical (unpaired) electrons. The number of hydrogen-bond donors (Lipinski definition) is 1. The summed E-state index contributed by atoms with van der Waals surface area (Å²) in [5, 5.41) is 3.64. The smallest absolute Gasteiger partial charge is 0.295 e. The van der Waals surface area contributed by atoms with Crippen molar-refractivity contribution in [3.05, 3.63) is 47.4 Å². The quantitative estimate of drug-likeness (QED) is 0.715. The highest BCUT2D eigenvalue weighted by molar-refractivity contribution is 7.84. The van der Waals surface area contributed by atoms with Gasteiger partial charge in [0.2, 0.25) is 0 Å². The van der Waals surface area contributed by atoms with Crippen molar-refractivity contribution in [1.82, 2.24) is 15.2 Å². The number of carbonyl (C=O) groups is 1. The van der Waals surface area contributed by atoms with Gasteiger partial charge in [-0.3, -0.25) is 18.9 Å². The average Bonchev–Trinajstić information content (AvgIpc) is 2.67. The van der Waals surface area contributed by atoms with Gasteiger partial charge in [-0.25, -0.2) is 9.98 Å². The van der Waals surface area contributed by atoms with Crippen LogP contribution in [-0.4, -0.2) is 44.0 Å².